The molecule has 2 amide bonds. The molecular formula is C31H31F3N4O5. The Bertz CT molecular complexity index is 1480. The van der Waals surface area contributed by atoms with E-state index in [4.69, 9.17) is 4.42 Å². The second-order valence-corrected chi connectivity index (χ2v) is 11.0. The number of carbonyl (C=O) groups is 3. The van der Waals surface area contributed by atoms with Crippen molar-refractivity contribution in [2.75, 3.05) is 18.4 Å². The SMILES string of the molecule is O=C(Nc1ccc(/C=C/C[C@H]2CCN(C(=O)C3CCC(C(=O)O)CC3)C2)nc1)c1nc(-c2ccccc2)oc1C(F)(F)F. The quantitative estimate of drug-likeness (QED) is 0.319. The molecule has 0 bridgehead atoms. The zero-order valence-electron chi connectivity index (χ0n) is 23.2. The van der Waals surface area contributed by atoms with Crippen molar-refractivity contribution >= 4 is 29.5 Å². The van der Waals surface area contributed by atoms with E-state index in [0.717, 1.165) is 12.8 Å². The number of likely N-dealkylation sites (tertiary alicyclic amines) is 1. The van der Waals surface area contributed by atoms with Crippen LogP contribution in [0.1, 0.15) is 60.5 Å². The van der Waals surface area contributed by atoms with Crippen molar-refractivity contribution in [1.29, 1.82) is 0 Å². The zero-order valence-corrected chi connectivity index (χ0v) is 23.2. The van der Waals surface area contributed by atoms with Crippen LogP contribution in [0.25, 0.3) is 17.5 Å². The number of nitrogens with zero attached hydrogens (tertiary/aromatic N) is 3. The summed E-state index contributed by atoms with van der Waals surface area (Å²) >= 11 is 0. The topological polar surface area (TPSA) is 126 Å². The number of carbonyl (C=O) groups excluding carboxylic acids is 2. The summed E-state index contributed by atoms with van der Waals surface area (Å²) in [5.74, 6) is -3.65. The van der Waals surface area contributed by atoms with Crippen LogP contribution >= 0.6 is 0 Å². The maximum Gasteiger partial charge on any atom is 0.452 e. The van der Waals surface area contributed by atoms with Crippen molar-refractivity contribution in [1.82, 2.24) is 14.9 Å². The molecule has 226 valence electrons. The van der Waals surface area contributed by atoms with Gasteiger partial charge in [0.2, 0.25) is 17.6 Å². The van der Waals surface area contributed by atoms with E-state index in [1.807, 2.05) is 17.1 Å². The second-order valence-electron chi connectivity index (χ2n) is 11.0. The molecule has 1 aliphatic heterocycles. The smallest absolute Gasteiger partial charge is 0.452 e. The number of amides is 2. The average molecular weight is 597 g/mol. The minimum atomic E-state index is -4.91. The van der Waals surface area contributed by atoms with Crippen molar-refractivity contribution in [3.05, 3.63) is 71.9 Å². The number of oxazole rings is 1. The summed E-state index contributed by atoms with van der Waals surface area (Å²) < 4.78 is 45.6. The van der Waals surface area contributed by atoms with Gasteiger partial charge in [0.1, 0.15) is 0 Å². The number of alkyl halides is 3. The number of carboxylic acid groups (broad SMARTS) is 1. The van der Waals surface area contributed by atoms with Crippen LogP contribution in [-0.2, 0) is 15.8 Å². The normalized spacial score (nSPS) is 20.8. The molecule has 1 saturated carbocycles. The van der Waals surface area contributed by atoms with E-state index in [9.17, 15) is 32.7 Å². The third-order valence-electron chi connectivity index (χ3n) is 7.95. The number of hydrogen-bond acceptors (Lipinski definition) is 6. The van der Waals surface area contributed by atoms with Gasteiger partial charge in [0.25, 0.3) is 5.91 Å². The third kappa shape index (κ3) is 7.30. The number of aliphatic carboxylic acids is 1. The van der Waals surface area contributed by atoms with Crippen molar-refractivity contribution in [2.45, 2.75) is 44.7 Å². The lowest BCUT2D eigenvalue weighted by molar-refractivity contribution is -0.153. The Morgan fingerprint density at radius 2 is 1.74 bits per heavy atom. The highest BCUT2D eigenvalue weighted by molar-refractivity contribution is 6.04. The van der Waals surface area contributed by atoms with Gasteiger partial charge in [-0.2, -0.15) is 13.2 Å². The number of anilines is 1. The molecule has 2 aromatic heterocycles. The summed E-state index contributed by atoms with van der Waals surface area (Å²) in [5, 5.41) is 11.6. The largest absolute Gasteiger partial charge is 0.481 e. The summed E-state index contributed by atoms with van der Waals surface area (Å²) in [6, 6.07) is 11.2. The first-order valence-corrected chi connectivity index (χ1v) is 14.2. The number of rotatable bonds is 8. The van der Waals surface area contributed by atoms with E-state index in [1.54, 1.807) is 24.3 Å². The maximum absolute atomic E-state index is 13.6. The lowest BCUT2D eigenvalue weighted by atomic mass is 9.81. The van der Waals surface area contributed by atoms with E-state index in [2.05, 4.69) is 15.3 Å². The highest BCUT2D eigenvalue weighted by Crippen LogP contribution is 2.36. The van der Waals surface area contributed by atoms with Crippen LogP contribution in [0.15, 0.2) is 59.2 Å². The summed E-state index contributed by atoms with van der Waals surface area (Å²) in [6.45, 7) is 1.35. The lowest BCUT2D eigenvalue weighted by Gasteiger charge is -2.28. The Kier molecular flexibility index (Phi) is 8.93. The number of allylic oxidation sites excluding steroid dienone is 1. The van der Waals surface area contributed by atoms with Gasteiger partial charge in [-0.05, 0) is 74.8 Å². The zero-order chi connectivity index (χ0) is 30.6. The monoisotopic (exact) mass is 596 g/mol. The van der Waals surface area contributed by atoms with Crippen molar-refractivity contribution in [3.63, 3.8) is 0 Å². The second kappa shape index (κ2) is 12.8. The molecule has 2 aliphatic rings. The Balaban J connectivity index is 1.13. The van der Waals surface area contributed by atoms with Crippen LogP contribution in [-0.4, -0.2) is 50.8 Å². The molecule has 12 heteroatoms. The van der Waals surface area contributed by atoms with Crippen LogP contribution in [0.2, 0.25) is 0 Å². The molecule has 0 spiro atoms. The Labute approximate surface area is 245 Å². The molecule has 1 aliphatic carbocycles. The van der Waals surface area contributed by atoms with E-state index in [1.165, 1.54) is 24.4 Å². The average Bonchev–Trinajstić information content (AvgIpc) is 3.67. The van der Waals surface area contributed by atoms with Crippen LogP contribution < -0.4 is 5.32 Å². The number of nitrogens with one attached hydrogen (secondary N) is 1. The molecule has 2 fully saturated rings. The maximum atomic E-state index is 13.6. The van der Waals surface area contributed by atoms with Crippen LogP contribution in [0, 0.1) is 17.8 Å². The first-order valence-electron chi connectivity index (χ1n) is 14.2. The van der Waals surface area contributed by atoms with Crippen molar-refractivity contribution in [2.24, 2.45) is 17.8 Å². The molecular weight excluding hydrogens is 565 g/mol. The highest BCUT2D eigenvalue weighted by Gasteiger charge is 2.42. The Hall–Kier alpha value is -4.48. The first kappa shape index (κ1) is 30.0. The minimum absolute atomic E-state index is 0.0941. The minimum Gasteiger partial charge on any atom is -0.481 e. The Morgan fingerprint density at radius 3 is 2.40 bits per heavy atom. The van der Waals surface area contributed by atoms with Gasteiger partial charge in [-0.1, -0.05) is 24.3 Å². The van der Waals surface area contributed by atoms with Gasteiger partial charge in [-0.25, -0.2) is 4.98 Å². The van der Waals surface area contributed by atoms with Crippen LogP contribution in [0.5, 0.6) is 0 Å². The summed E-state index contributed by atoms with van der Waals surface area (Å²) in [7, 11) is 0. The first-order chi connectivity index (χ1) is 20.6. The summed E-state index contributed by atoms with van der Waals surface area (Å²) in [5.41, 5.74) is 0.235. The fourth-order valence-electron chi connectivity index (χ4n) is 5.59. The van der Waals surface area contributed by atoms with E-state index < -0.39 is 29.5 Å². The van der Waals surface area contributed by atoms with Gasteiger partial charge < -0.3 is 19.7 Å². The van der Waals surface area contributed by atoms with Crippen LogP contribution in [0.4, 0.5) is 18.9 Å². The predicted molar refractivity (Wildman–Crippen MR) is 151 cm³/mol. The molecule has 3 heterocycles. The summed E-state index contributed by atoms with van der Waals surface area (Å²) in [4.78, 5) is 46.8. The number of benzene rings is 1. The number of hydrogen-bond donors (Lipinski definition) is 2. The predicted octanol–water partition coefficient (Wildman–Crippen LogP) is 6.15. The molecule has 1 atom stereocenters. The van der Waals surface area contributed by atoms with Gasteiger partial charge in [-0.15, -0.1) is 0 Å². The van der Waals surface area contributed by atoms with E-state index in [0.29, 0.717) is 55.9 Å². The molecule has 0 radical (unpaired) electrons. The number of halogens is 3. The van der Waals surface area contributed by atoms with Gasteiger partial charge in [0.15, 0.2) is 5.69 Å². The van der Waals surface area contributed by atoms with Gasteiger partial charge in [0, 0.05) is 24.6 Å². The molecule has 1 saturated heterocycles. The standard InChI is InChI=1S/C31H31F3N4O5/c32-31(33,34)26-25(37-28(43-26)20-6-2-1-3-7-20)27(39)36-24-14-13-23(35-17-24)8-4-5-19-15-16-38(18-19)29(40)21-9-11-22(12-10-21)30(41)42/h1-4,6-8,13-14,17,19,21-22H,5,9-12,15-16,18H2,(H,36,39)(H,41,42)/b8-4+/t19-,21?,22?/m0/s1. The molecule has 3 aromatic rings. The van der Waals surface area contributed by atoms with Gasteiger partial charge in [-0.3, -0.25) is 19.4 Å². The lowest BCUT2D eigenvalue weighted by Crippen LogP contribution is -2.37. The molecule has 43 heavy (non-hydrogen) atoms. The number of pyridine rings is 1. The molecule has 1 aromatic carbocycles. The highest BCUT2D eigenvalue weighted by atomic mass is 19.4. The van der Waals surface area contributed by atoms with E-state index in [-0.39, 0.29) is 29.3 Å². The fourth-order valence-corrected chi connectivity index (χ4v) is 5.59. The van der Waals surface area contributed by atoms with Crippen molar-refractivity contribution in [3.8, 4) is 11.5 Å². The molecule has 5 rings (SSSR count). The van der Waals surface area contributed by atoms with Gasteiger partial charge >= 0.3 is 12.1 Å². The molecule has 2 N–H and O–H groups in total. The Morgan fingerprint density at radius 1 is 1.02 bits per heavy atom. The number of aromatic nitrogens is 2. The number of carboxylic acids is 1. The van der Waals surface area contributed by atoms with Gasteiger partial charge in [0.05, 0.1) is 23.5 Å². The molecule has 0 unspecified atom stereocenters. The molecule has 9 nitrogen and oxygen atoms in total. The third-order valence-corrected chi connectivity index (χ3v) is 7.95. The van der Waals surface area contributed by atoms with Crippen LogP contribution in [0.3, 0.4) is 0 Å². The summed E-state index contributed by atoms with van der Waals surface area (Å²) in [6.07, 6.45) is 4.17. The van der Waals surface area contributed by atoms with Crippen molar-refractivity contribution < 1.29 is 37.1 Å². The fraction of sp³-hybridized carbons (Fsp3) is 0.387. The van der Waals surface area contributed by atoms with E-state index >= 15 is 0 Å².